The summed E-state index contributed by atoms with van der Waals surface area (Å²) in [5.41, 5.74) is 2.42. The molecular weight excluding hydrogens is 326 g/mol. The van der Waals surface area contributed by atoms with Crippen molar-refractivity contribution in [2.24, 2.45) is 0 Å². The van der Waals surface area contributed by atoms with Gasteiger partial charge in [0.25, 0.3) is 5.91 Å². The molecule has 5 heteroatoms. The second-order valence-electron chi connectivity index (χ2n) is 5.78. The normalized spacial score (nSPS) is 11.8. The van der Waals surface area contributed by atoms with Crippen molar-refractivity contribution in [3.05, 3.63) is 70.2 Å². The van der Waals surface area contributed by atoms with Crippen LogP contribution in [-0.4, -0.2) is 23.0 Å². The molecule has 0 saturated carbocycles. The zero-order valence-corrected chi connectivity index (χ0v) is 14.2. The smallest absolute Gasteiger partial charge is 0.303 e. The number of carboxylic acid groups (broad SMARTS) is 1. The summed E-state index contributed by atoms with van der Waals surface area (Å²) in [6.45, 7) is 1.90. The van der Waals surface area contributed by atoms with Gasteiger partial charge in [0.05, 0.1) is 10.6 Å². The van der Waals surface area contributed by atoms with Crippen molar-refractivity contribution in [1.29, 1.82) is 0 Å². The van der Waals surface area contributed by atoms with Crippen LogP contribution in [0.25, 0.3) is 0 Å². The van der Waals surface area contributed by atoms with E-state index in [0.29, 0.717) is 23.4 Å². The van der Waals surface area contributed by atoms with Gasteiger partial charge in [-0.05, 0) is 43.0 Å². The minimum absolute atomic E-state index is 0.000585. The summed E-state index contributed by atoms with van der Waals surface area (Å²) < 4.78 is 0. The van der Waals surface area contributed by atoms with Crippen LogP contribution in [0.15, 0.2) is 48.5 Å². The summed E-state index contributed by atoms with van der Waals surface area (Å²) in [7, 11) is 0. The topological polar surface area (TPSA) is 66.4 Å². The van der Waals surface area contributed by atoms with E-state index in [1.807, 2.05) is 43.3 Å². The van der Waals surface area contributed by atoms with E-state index in [2.05, 4.69) is 5.32 Å². The number of carbonyl (C=O) groups excluding carboxylic acids is 1. The molecule has 24 heavy (non-hydrogen) atoms. The maximum atomic E-state index is 12.5. The highest BCUT2D eigenvalue weighted by atomic mass is 35.5. The van der Waals surface area contributed by atoms with Crippen LogP contribution < -0.4 is 5.32 Å². The van der Waals surface area contributed by atoms with Crippen molar-refractivity contribution in [3.8, 4) is 0 Å². The Bertz CT molecular complexity index is 716. The Morgan fingerprint density at radius 2 is 1.88 bits per heavy atom. The number of hydrogen-bond donors (Lipinski definition) is 2. The minimum atomic E-state index is -0.879. The Kier molecular flexibility index (Phi) is 6.38. The van der Waals surface area contributed by atoms with Gasteiger partial charge >= 0.3 is 5.97 Å². The first-order valence-corrected chi connectivity index (χ1v) is 8.16. The molecule has 0 heterocycles. The van der Waals surface area contributed by atoms with E-state index in [-0.39, 0.29) is 18.4 Å². The average Bonchev–Trinajstić information content (AvgIpc) is 2.53. The van der Waals surface area contributed by atoms with Crippen LogP contribution in [0.4, 0.5) is 0 Å². The fourth-order valence-electron chi connectivity index (χ4n) is 2.49. The van der Waals surface area contributed by atoms with Crippen molar-refractivity contribution in [2.75, 3.05) is 0 Å². The first kappa shape index (κ1) is 18.0. The SMILES string of the molecule is Cc1ccc(C(=O)NC(CCC(=O)O)Cc2ccccc2)c(Cl)c1. The molecule has 0 aliphatic heterocycles. The molecule has 2 N–H and O–H groups in total. The monoisotopic (exact) mass is 345 g/mol. The van der Waals surface area contributed by atoms with Gasteiger partial charge in [-0.3, -0.25) is 9.59 Å². The number of aliphatic carboxylic acids is 1. The quantitative estimate of drug-likeness (QED) is 0.800. The lowest BCUT2D eigenvalue weighted by Crippen LogP contribution is -2.37. The number of carbonyl (C=O) groups is 2. The predicted molar refractivity (Wildman–Crippen MR) is 94.5 cm³/mol. The Morgan fingerprint density at radius 1 is 1.17 bits per heavy atom. The lowest BCUT2D eigenvalue weighted by atomic mass is 10.0. The van der Waals surface area contributed by atoms with Crippen LogP contribution in [0.2, 0.25) is 5.02 Å². The predicted octanol–water partition coefficient (Wildman–Crippen LogP) is 3.85. The molecule has 0 aliphatic carbocycles. The van der Waals surface area contributed by atoms with Gasteiger partial charge in [0, 0.05) is 12.5 Å². The van der Waals surface area contributed by atoms with Crippen molar-refractivity contribution >= 4 is 23.5 Å². The fourth-order valence-corrected chi connectivity index (χ4v) is 2.81. The molecular formula is C19H20ClNO3. The van der Waals surface area contributed by atoms with E-state index in [4.69, 9.17) is 16.7 Å². The molecule has 0 bridgehead atoms. The Hall–Kier alpha value is -2.33. The maximum absolute atomic E-state index is 12.5. The Morgan fingerprint density at radius 3 is 2.50 bits per heavy atom. The second-order valence-corrected chi connectivity index (χ2v) is 6.18. The lowest BCUT2D eigenvalue weighted by Gasteiger charge is -2.19. The molecule has 1 unspecified atom stereocenters. The summed E-state index contributed by atoms with van der Waals surface area (Å²) in [4.78, 5) is 23.3. The third-order valence-electron chi connectivity index (χ3n) is 3.74. The molecule has 0 aromatic heterocycles. The third kappa shape index (κ3) is 5.39. The minimum Gasteiger partial charge on any atom is -0.481 e. The molecule has 1 atom stereocenters. The fraction of sp³-hybridized carbons (Fsp3) is 0.263. The number of amides is 1. The Balaban J connectivity index is 2.11. The van der Waals surface area contributed by atoms with E-state index in [0.717, 1.165) is 11.1 Å². The highest BCUT2D eigenvalue weighted by molar-refractivity contribution is 6.33. The van der Waals surface area contributed by atoms with Gasteiger partial charge < -0.3 is 10.4 Å². The molecule has 1 amide bonds. The molecule has 126 valence electrons. The summed E-state index contributed by atoms with van der Waals surface area (Å²) in [6.07, 6.45) is 0.933. The number of halogens is 1. The number of nitrogens with one attached hydrogen (secondary N) is 1. The number of benzene rings is 2. The van der Waals surface area contributed by atoms with Crippen molar-refractivity contribution in [2.45, 2.75) is 32.2 Å². The zero-order chi connectivity index (χ0) is 17.5. The number of carboxylic acids is 1. The number of hydrogen-bond acceptors (Lipinski definition) is 2. The zero-order valence-electron chi connectivity index (χ0n) is 13.5. The van der Waals surface area contributed by atoms with Crippen molar-refractivity contribution in [1.82, 2.24) is 5.32 Å². The molecule has 2 aromatic carbocycles. The number of aryl methyl sites for hydroxylation is 1. The van der Waals surface area contributed by atoms with Crippen LogP contribution in [0.1, 0.15) is 34.3 Å². The van der Waals surface area contributed by atoms with Crippen LogP contribution in [0, 0.1) is 6.92 Å². The van der Waals surface area contributed by atoms with Crippen molar-refractivity contribution in [3.63, 3.8) is 0 Å². The summed E-state index contributed by atoms with van der Waals surface area (Å²) >= 11 is 6.14. The molecule has 0 spiro atoms. The van der Waals surface area contributed by atoms with E-state index in [1.165, 1.54) is 0 Å². The molecule has 2 rings (SSSR count). The van der Waals surface area contributed by atoms with E-state index in [9.17, 15) is 9.59 Å². The van der Waals surface area contributed by atoms with Gasteiger partial charge in [-0.15, -0.1) is 0 Å². The first-order valence-electron chi connectivity index (χ1n) is 7.78. The summed E-state index contributed by atoms with van der Waals surface area (Å²) in [6, 6.07) is 14.6. The van der Waals surface area contributed by atoms with Crippen LogP contribution in [-0.2, 0) is 11.2 Å². The maximum Gasteiger partial charge on any atom is 0.303 e. The third-order valence-corrected chi connectivity index (χ3v) is 4.05. The highest BCUT2D eigenvalue weighted by Gasteiger charge is 2.17. The lowest BCUT2D eigenvalue weighted by molar-refractivity contribution is -0.137. The van der Waals surface area contributed by atoms with Crippen LogP contribution in [0.3, 0.4) is 0 Å². The molecule has 0 radical (unpaired) electrons. The summed E-state index contributed by atoms with van der Waals surface area (Å²) in [5, 5.41) is 12.2. The molecule has 0 fully saturated rings. The molecule has 0 aliphatic rings. The van der Waals surface area contributed by atoms with Gasteiger partial charge in [0.1, 0.15) is 0 Å². The standard InChI is InChI=1S/C19H20ClNO3/c1-13-7-9-16(17(20)11-13)19(24)21-15(8-10-18(22)23)12-14-5-3-2-4-6-14/h2-7,9,11,15H,8,10,12H2,1H3,(H,21,24)(H,22,23). The Labute approximate surface area is 146 Å². The van der Waals surface area contributed by atoms with Gasteiger partial charge in [-0.1, -0.05) is 48.0 Å². The van der Waals surface area contributed by atoms with E-state index >= 15 is 0 Å². The van der Waals surface area contributed by atoms with E-state index < -0.39 is 5.97 Å². The number of rotatable bonds is 7. The summed E-state index contributed by atoms with van der Waals surface area (Å²) in [5.74, 6) is -1.16. The van der Waals surface area contributed by atoms with Crippen LogP contribution >= 0.6 is 11.6 Å². The molecule has 0 saturated heterocycles. The molecule has 4 nitrogen and oxygen atoms in total. The highest BCUT2D eigenvalue weighted by Crippen LogP contribution is 2.18. The van der Waals surface area contributed by atoms with Gasteiger partial charge in [-0.2, -0.15) is 0 Å². The largest absolute Gasteiger partial charge is 0.481 e. The second kappa shape index (κ2) is 8.50. The van der Waals surface area contributed by atoms with Gasteiger partial charge in [-0.25, -0.2) is 0 Å². The van der Waals surface area contributed by atoms with Crippen molar-refractivity contribution < 1.29 is 14.7 Å². The molecule has 2 aromatic rings. The average molecular weight is 346 g/mol. The first-order chi connectivity index (χ1) is 11.5. The van der Waals surface area contributed by atoms with E-state index in [1.54, 1.807) is 12.1 Å². The van der Waals surface area contributed by atoms with Gasteiger partial charge in [0.2, 0.25) is 0 Å². The van der Waals surface area contributed by atoms with Gasteiger partial charge in [0.15, 0.2) is 0 Å². The van der Waals surface area contributed by atoms with Crippen LogP contribution in [0.5, 0.6) is 0 Å².